The van der Waals surface area contributed by atoms with Crippen LogP contribution in [0.5, 0.6) is 0 Å². The topological polar surface area (TPSA) is 70.4 Å². The first-order valence-corrected chi connectivity index (χ1v) is 8.58. The van der Waals surface area contributed by atoms with Crippen molar-refractivity contribution in [3.8, 4) is 10.7 Å². The number of hydrogen-bond acceptors (Lipinski definition) is 6. The smallest absolute Gasteiger partial charge is 0.419 e. The number of carbonyl (C=O) groups is 2. The molecule has 0 unspecified atom stereocenters. The second-order valence-corrected chi connectivity index (χ2v) is 7.45. The van der Waals surface area contributed by atoms with Crippen LogP contribution in [0.2, 0.25) is 0 Å². The summed E-state index contributed by atoms with van der Waals surface area (Å²) in [5.74, 6) is -0.425. The first-order valence-electron chi connectivity index (χ1n) is 6.97. The highest BCUT2D eigenvalue weighted by molar-refractivity contribution is 9.10. The van der Waals surface area contributed by atoms with E-state index in [4.69, 9.17) is 9.47 Å². The Balaban J connectivity index is 2.35. The Morgan fingerprint density at radius 2 is 2.04 bits per heavy atom. The van der Waals surface area contributed by atoms with E-state index in [9.17, 15) is 9.59 Å². The lowest BCUT2D eigenvalue weighted by Crippen LogP contribution is -2.27. The third kappa shape index (κ3) is 4.20. The maximum absolute atomic E-state index is 12.4. The van der Waals surface area contributed by atoms with Crippen molar-refractivity contribution < 1.29 is 19.1 Å². The van der Waals surface area contributed by atoms with Gasteiger partial charge in [0, 0.05) is 0 Å². The fourth-order valence-corrected chi connectivity index (χ4v) is 3.05. The summed E-state index contributed by atoms with van der Waals surface area (Å²) < 4.78 is 12.3. The molecule has 0 aliphatic heterocycles. The van der Waals surface area contributed by atoms with E-state index >= 15 is 0 Å². The summed E-state index contributed by atoms with van der Waals surface area (Å²) in [6.45, 7) is 7.43. The molecule has 0 amide bonds. The molecule has 23 heavy (non-hydrogen) atoms. The Kier molecular flexibility index (Phi) is 5.26. The van der Waals surface area contributed by atoms with Crippen LogP contribution in [0, 0.1) is 0 Å². The zero-order valence-electron chi connectivity index (χ0n) is 13.3. The van der Waals surface area contributed by atoms with E-state index in [0.717, 1.165) is 11.3 Å². The predicted octanol–water partition coefficient (Wildman–Crippen LogP) is 4.33. The number of thiazole rings is 1. The third-order valence-corrected chi connectivity index (χ3v) is 4.23. The van der Waals surface area contributed by atoms with E-state index in [0.29, 0.717) is 26.8 Å². The molecule has 0 atom stereocenters. The van der Waals surface area contributed by atoms with Crippen LogP contribution in [0.1, 0.15) is 37.4 Å². The van der Waals surface area contributed by atoms with Crippen LogP contribution in [-0.2, 0) is 9.47 Å². The Morgan fingerprint density at radius 1 is 1.35 bits per heavy atom. The second-order valence-electron chi connectivity index (χ2n) is 5.61. The SMILES string of the molecule is CCOC(=O)c1cnc(-c2ccc(Br)n2C(=O)OC(C)(C)C)s1. The number of rotatable bonds is 3. The molecule has 2 heterocycles. The molecular weight excluding hydrogens is 384 g/mol. The lowest BCUT2D eigenvalue weighted by Gasteiger charge is -2.20. The normalized spacial score (nSPS) is 11.3. The van der Waals surface area contributed by atoms with Gasteiger partial charge in [0.05, 0.1) is 23.1 Å². The Morgan fingerprint density at radius 3 is 2.65 bits per heavy atom. The first kappa shape index (κ1) is 17.7. The lowest BCUT2D eigenvalue weighted by atomic mass is 10.2. The molecule has 0 saturated carbocycles. The fourth-order valence-electron chi connectivity index (χ4n) is 1.76. The van der Waals surface area contributed by atoms with Crippen molar-refractivity contribution in [1.82, 2.24) is 9.55 Å². The van der Waals surface area contributed by atoms with E-state index < -0.39 is 17.7 Å². The number of ether oxygens (including phenoxy) is 2. The van der Waals surface area contributed by atoms with Crippen LogP contribution in [0.25, 0.3) is 10.7 Å². The van der Waals surface area contributed by atoms with Gasteiger partial charge < -0.3 is 9.47 Å². The molecule has 2 aromatic rings. The number of esters is 1. The van der Waals surface area contributed by atoms with E-state index in [2.05, 4.69) is 20.9 Å². The fraction of sp³-hybridized carbons (Fsp3) is 0.400. The summed E-state index contributed by atoms with van der Waals surface area (Å²) in [7, 11) is 0. The zero-order chi connectivity index (χ0) is 17.2. The number of aromatic nitrogens is 2. The molecule has 0 spiro atoms. The average Bonchev–Trinajstić information content (AvgIpc) is 3.03. The van der Waals surface area contributed by atoms with Crippen molar-refractivity contribution >= 4 is 39.3 Å². The minimum atomic E-state index is -0.614. The van der Waals surface area contributed by atoms with E-state index in [1.165, 1.54) is 10.8 Å². The lowest BCUT2D eigenvalue weighted by molar-refractivity contribution is 0.0523. The van der Waals surface area contributed by atoms with Gasteiger partial charge in [-0.2, -0.15) is 0 Å². The highest BCUT2D eigenvalue weighted by Crippen LogP contribution is 2.30. The molecule has 0 aromatic carbocycles. The number of nitrogens with zero attached hydrogens (tertiary/aromatic N) is 2. The van der Waals surface area contributed by atoms with Gasteiger partial charge in [-0.05, 0) is 55.8 Å². The van der Waals surface area contributed by atoms with Crippen molar-refractivity contribution in [3.05, 3.63) is 27.8 Å². The third-order valence-electron chi connectivity index (χ3n) is 2.61. The molecular formula is C15H17BrN2O4S. The van der Waals surface area contributed by atoms with Gasteiger partial charge >= 0.3 is 12.1 Å². The Bertz CT molecular complexity index is 730. The van der Waals surface area contributed by atoms with Crippen LogP contribution in [0.4, 0.5) is 4.79 Å². The number of carbonyl (C=O) groups excluding carboxylic acids is 2. The molecule has 0 saturated heterocycles. The molecule has 6 nitrogen and oxygen atoms in total. The average molecular weight is 401 g/mol. The van der Waals surface area contributed by atoms with Gasteiger partial charge in [0.15, 0.2) is 0 Å². The van der Waals surface area contributed by atoms with Crippen LogP contribution in [0.3, 0.4) is 0 Å². The van der Waals surface area contributed by atoms with Crippen molar-refractivity contribution in [3.63, 3.8) is 0 Å². The van der Waals surface area contributed by atoms with Gasteiger partial charge in [-0.1, -0.05) is 0 Å². The summed E-state index contributed by atoms with van der Waals surface area (Å²) in [4.78, 5) is 28.7. The highest BCUT2D eigenvalue weighted by Gasteiger charge is 2.24. The summed E-state index contributed by atoms with van der Waals surface area (Å²) in [6, 6.07) is 3.46. The molecule has 0 bridgehead atoms. The summed E-state index contributed by atoms with van der Waals surface area (Å²) in [5, 5.41) is 0.532. The minimum Gasteiger partial charge on any atom is -0.462 e. The van der Waals surface area contributed by atoms with Crippen molar-refractivity contribution in [1.29, 1.82) is 0 Å². The first-order chi connectivity index (χ1) is 10.7. The molecule has 8 heteroatoms. The predicted molar refractivity (Wildman–Crippen MR) is 90.8 cm³/mol. The minimum absolute atomic E-state index is 0.298. The second kappa shape index (κ2) is 6.84. The molecule has 0 aliphatic carbocycles. The van der Waals surface area contributed by atoms with Crippen molar-refractivity contribution in [2.24, 2.45) is 0 Å². The number of halogens is 1. The van der Waals surface area contributed by atoms with Crippen molar-refractivity contribution in [2.45, 2.75) is 33.3 Å². The monoisotopic (exact) mass is 400 g/mol. The van der Waals surface area contributed by atoms with Gasteiger partial charge in [-0.15, -0.1) is 11.3 Å². The van der Waals surface area contributed by atoms with E-state index in [-0.39, 0.29) is 0 Å². The summed E-state index contributed by atoms with van der Waals surface area (Å²) in [5.41, 5.74) is -0.0662. The van der Waals surface area contributed by atoms with Crippen LogP contribution in [-0.4, -0.2) is 33.8 Å². The maximum atomic E-state index is 12.4. The van der Waals surface area contributed by atoms with Crippen LogP contribution in [0.15, 0.2) is 22.9 Å². The molecule has 2 rings (SSSR count). The van der Waals surface area contributed by atoms with E-state index in [1.54, 1.807) is 39.8 Å². The maximum Gasteiger partial charge on any atom is 0.419 e. The molecule has 0 radical (unpaired) electrons. The largest absolute Gasteiger partial charge is 0.462 e. The van der Waals surface area contributed by atoms with Crippen molar-refractivity contribution in [2.75, 3.05) is 6.61 Å². The molecule has 0 N–H and O–H groups in total. The zero-order valence-corrected chi connectivity index (χ0v) is 15.7. The Hall–Kier alpha value is -1.67. The van der Waals surface area contributed by atoms with Gasteiger partial charge in [0.25, 0.3) is 0 Å². The van der Waals surface area contributed by atoms with Crippen LogP contribution < -0.4 is 0 Å². The molecule has 0 aliphatic rings. The van der Waals surface area contributed by atoms with Crippen LogP contribution >= 0.6 is 27.3 Å². The molecule has 124 valence electrons. The van der Waals surface area contributed by atoms with Gasteiger partial charge in [-0.3, -0.25) is 0 Å². The van der Waals surface area contributed by atoms with E-state index in [1.807, 2.05) is 0 Å². The Labute approximate surface area is 146 Å². The van der Waals surface area contributed by atoms with Gasteiger partial charge in [-0.25, -0.2) is 19.1 Å². The molecule has 2 aromatic heterocycles. The quantitative estimate of drug-likeness (QED) is 0.716. The summed E-state index contributed by atoms with van der Waals surface area (Å²) in [6.07, 6.45) is 0.926. The highest BCUT2D eigenvalue weighted by atomic mass is 79.9. The van der Waals surface area contributed by atoms with Gasteiger partial charge in [0.1, 0.15) is 15.5 Å². The summed E-state index contributed by atoms with van der Waals surface area (Å²) >= 11 is 4.49. The van der Waals surface area contributed by atoms with Gasteiger partial charge in [0.2, 0.25) is 0 Å². The molecule has 0 fully saturated rings. The standard InChI is InChI=1S/C15H17BrN2O4S/c1-5-21-13(19)10-8-17-12(23-10)9-6-7-11(16)18(9)14(20)22-15(2,3)4/h6-8H,5H2,1-4H3. The number of hydrogen-bond donors (Lipinski definition) is 0.